The van der Waals surface area contributed by atoms with E-state index in [0.717, 1.165) is 16.2 Å². The van der Waals surface area contributed by atoms with Crippen molar-refractivity contribution in [2.24, 2.45) is 0 Å². The van der Waals surface area contributed by atoms with Crippen LogP contribution < -0.4 is 5.73 Å². The molecule has 0 fully saturated rings. The summed E-state index contributed by atoms with van der Waals surface area (Å²) >= 11 is 8.80. The van der Waals surface area contributed by atoms with Gasteiger partial charge in [-0.3, -0.25) is 0 Å². The van der Waals surface area contributed by atoms with Crippen molar-refractivity contribution in [1.29, 1.82) is 5.26 Å². The van der Waals surface area contributed by atoms with Crippen LogP contribution >= 0.6 is 34.3 Å². The molecule has 0 saturated heterocycles. The molecule has 0 aliphatic carbocycles. The number of benzene rings is 1. The van der Waals surface area contributed by atoms with Crippen molar-refractivity contribution in [3.05, 3.63) is 51.4 Å². The fraction of sp³-hybridized carbons (Fsp3) is 0. The topological polar surface area (TPSA) is 49.8 Å². The molecule has 0 bridgehead atoms. The van der Waals surface area contributed by atoms with Crippen molar-refractivity contribution >= 4 is 40.0 Å². The summed E-state index contributed by atoms with van der Waals surface area (Å²) in [6, 6.07) is 10.4. The van der Waals surface area contributed by atoms with Gasteiger partial charge in [-0.15, -0.1) is 22.7 Å². The second-order valence-corrected chi connectivity index (χ2v) is 6.61. The van der Waals surface area contributed by atoms with E-state index >= 15 is 0 Å². The molecule has 3 rings (SSSR count). The molecule has 2 aromatic heterocycles. The number of nitrogen functional groups attached to an aromatic ring is 1. The van der Waals surface area contributed by atoms with Gasteiger partial charge in [-0.1, -0.05) is 23.7 Å². The highest BCUT2D eigenvalue weighted by Gasteiger charge is 2.23. The number of thiophene rings is 2. The molecule has 0 unspecified atom stereocenters. The Morgan fingerprint density at radius 1 is 1.19 bits per heavy atom. The highest BCUT2D eigenvalue weighted by Crippen LogP contribution is 2.48. The summed E-state index contributed by atoms with van der Waals surface area (Å²) in [7, 11) is 0. The Morgan fingerprint density at radius 2 is 2.00 bits per heavy atom. The van der Waals surface area contributed by atoms with Crippen LogP contribution in [0.25, 0.3) is 20.9 Å². The van der Waals surface area contributed by atoms with Crippen molar-refractivity contribution in [2.45, 2.75) is 0 Å². The molecule has 0 amide bonds. The van der Waals surface area contributed by atoms with E-state index in [2.05, 4.69) is 6.07 Å². The number of nitrogens with zero attached hydrogens (tertiary/aromatic N) is 1. The largest absolute Gasteiger partial charge is 0.396 e. The molecule has 0 aliphatic rings. The van der Waals surface area contributed by atoms with Crippen LogP contribution in [0.4, 0.5) is 10.1 Å². The van der Waals surface area contributed by atoms with Crippen LogP contribution in [0, 0.1) is 17.1 Å². The average Bonchev–Trinajstić information content (AvgIpc) is 3.06. The maximum absolute atomic E-state index is 14.2. The standard InChI is InChI=1S/C15H8ClFN2S2/c16-8-3-1-4-9(17)12(8)15-13(10-5-2-6-20-10)14(19)11(7-18)21-15/h1-6H,19H2. The van der Waals surface area contributed by atoms with E-state index in [0.29, 0.717) is 31.6 Å². The Labute approximate surface area is 133 Å². The highest BCUT2D eigenvalue weighted by molar-refractivity contribution is 7.19. The fourth-order valence-electron chi connectivity index (χ4n) is 2.08. The molecular formula is C15H8ClFN2S2. The number of nitrogens with two attached hydrogens (primary N) is 1. The normalized spacial score (nSPS) is 10.5. The molecule has 2 N–H and O–H groups in total. The van der Waals surface area contributed by atoms with Gasteiger partial charge in [0.25, 0.3) is 0 Å². The number of hydrogen-bond donors (Lipinski definition) is 1. The molecule has 0 atom stereocenters. The molecule has 21 heavy (non-hydrogen) atoms. The first kappa shape index (κ1) is 14.1. The monoisotopic (exact) mass is 334 g/mol. The lowest BCUT2D eigenvalue weighted by Gasteiger charge is -2.07. The summed E-state index contributed by atoms with van der Waals surface area (Å²) < 4.78 is 14.2. The van der Waals surface area contributed by atoms with Crippen LogP contribution in [0.2, 0.25) is 5.02 Å². The third-order valence-corrected chi connectivity index (χ3v) is 5.33. The molecule has 0 radical (unpaired) electrons. The quantitative estimate of drug-likeness (QED) is 0.683. The summed E-state index contributed by atoms with van der Waals surface area (Å²) in [5.41, 5.74) is 7.42. The lowest BCUT2D eigenvalue weighted by Crippen LogP contribution is -1.89. The van der Waals surface area contributed by atoms with Gasteiger partial charge in [0.1, 0.15) is 16.8 Å². The van der Waals surface area contributed by atoms with E-state index in [9.17, 15) is 9.65 Å². The summed E-state index contributed by atoms with van der Waals surface area (Å²) in [6.07, 6.45) is 0. The third-order valence-electron chi connectivity index (χ3n) is 3.00. The van der Waals surface area contributed by atoms with Gasteiger partial charge in [-0.2, -0.15) is 5.26 Å². The second kappa shape index (κ2) is 5.49. The van der Waals surface area contributed by atoms with E-state index in [1.165, 1.54) is 17.4 Å². The van der Waals surface area contributed by atoms with Crippen LogP contribution in [0.15, 0.2) is 35.7 Å². The zero-order valence-corrected chi connectivity index (χ0v) is 13.0. The van der Waals surface area contributed by atoms with Crippen molar-refractivity contribution < 1.29 is 4.39 Å². The number of nitriles is 1. The van der Waals surface area contributed by atoms with Crippen molar-refractivity contribution in [1.82, 2.24) is 0 Å². The zero-order valence-electron chi connectivity index (χ0n) is 10.6. The van der Waals surface area contributed by atoms with E-state index in [4.69, 9.17) is 17.3 Å². The second-order valence-electron chi connectivity index (χ2n) is 4.23. The van der Waals surface area contributed by atoms with E-state index in [1.54, 1.807) is 12.1 Å². The molecule has 3 aromatic rings. The predicted octanol–water partition coefficient (Wildman–Crippen LogP) is 5.39. The lowest BCUT2D eigenvalue weighted by atomic mass is 10.1. The van der Waals surface area contributed by atoms with Crippen LogP contribution in [-0.2, 0) is 0 Å². The Bertz CT molecular complexity index is 827. The predicted molar refractivity (Wildman–Crippen MR) is 87.2 cm³/mol. The third kappa shape index (κ3) is 2.32. The number of hydrogen-bond acceptors (Lipinski definition) is 4. The number of anilines is 1. The summed E-state index contributed by atoms with van der Waals surface area (Å²) in [4.78, 5) is 1.85. The molecular weight excluding hydrogens is 327 g/mol. The van der Waals surface area contributed by atoms with Gasteiger partial charge < -0.3 is 5.73 Å². The maximum atomic E-state index is 14.2. The van der Waals surface area contributed by atoms with E-state index < -0.39 is 5.82 Å². The van der Waals surface area contributed by atoms with Crippen LogP contribution in [-0.4, -0.2) is 0 Å². The minimum atomic E-state index is -0.425. The van der Waals surface area contributed by atoms with Crippen LogP contribution in [0.1, 0.15) is 4.88 Å². The Morgan fingerprint density at radius 3 is 2.62 bits per heavy atom. The highest BCUT2D eigenvalue weighted by atomic mass is 35.5. The van der Waals surface area contributed by atoms with Gasteiger partial charge in [0.05, 0.1) is 15.6 Å². The van der Waals surface area contributed by atoms with Gasteiger partial charge >= 0.3 is 0 Å². The maximum Gasteiger partial charge on any atom is 0.133 e. The van der Waals surface area contributed by atoms with Crippen LogP contribution in [0.3, 0.4) is 0 Å². The van der Waals surface area contributed by atoms with E-state index in [-0.39, 0.29) is 0 Å². The molecule has 0 aliphatic heterocycles. The van der Waals surface area contributed by atoms with Gasteiger partial charge in [0, 0.05) is 16.0 Å². The zero-order chi connectivity index (χ0) is 15.0. The first-order valence-electron chi connectivity index (χ1n) is 5.94. The summed E-state index contributed by atoms with van der Waals surface area (Å²) in [6.45, 7) is 0. The Balaban J connectivity index is 2.36. The molecule has 6 heteroatoms. The number of rotatable bonds is 2. The molecule has 0 saturated carbocycles. The molecule has 1 aromatic carbocycles. The molecule has 2 heterocycles. The Hall–Kier alpha value is -1.87. The van der Waals surface area contributed by atoms with Crippen molar-refractivity contribution in [3.8, 4) is 27.0 Å². The van der Waals surface area contributed by atoms with Gasteiger partial charge in [-0.25, -0.2) is 4.39 Å². The SMILES string of the molecule is N#Cc1sc(-c2c(F)cccc2Cl)c(-c2cccs2)c1N. The van der Waals surface area contributed by atoms with Crippen molar-refractivity contribution in [3.63, 3.8) is 0 Å². The molecule has 0 spiro atoms. The average molecular weight is 335 g/mol. The lowest BCUT2D eigenvalue weighted by molar-refractivity contribution is 0.632. The smallest absolute Gasteiger partial charge is 0.133 e. The van der Waals surface area contributed by atoms with Gasteiger partial charge in [0.15, 0.2) is 0 Å². The summed E-state index contributed by atoms with van der Waals surface area (Å²) in [5.74, 6) is -0.425. The first-order chi connectivity index (χ1) is 10.1. The Kier molecular flexibility index (Phi) is 3.68. The van der Waals surface area contributed by atoms with Crippen LogP contribution in [0.5, 0.6) is 0 Å². The number of halogens is 2. The van der Waals surface area contributed by atoms with Gasteiger partial charge in [0.2, 0.25) is 0 Å². The molecule has 104 valence electrons. The van der Waals surface area contributed by atoms with E-state index in [1.807, 2.05) is 17.5 Å². The first-order valence-corrected chi connectivity index (χ1v) is 8.01. The molecule has 2 nitrogen and oxygen atoms in total. The minimum Gasteiger partial charge on any atom is -0.396 e. The van der Waals surface area contributed by atoms with Gasteiger partial charge in [-0.05, 0) is 23.6 Å². The minimum absolute atomic E-state index is 0.292. The fourth-order valence-corrected chi connectivity index (χ4v) is 4.35. The summed E-state index contributed by atoms with van der Waals surface area (Å²) in [5, 5.41) is 11.4. The van der Waals surface area contributed by atoms with Crippen molar-refractivity contribution in [2.75, 3.05) is 5.73 Å².